The number of Topliss-reactive ketones (excluding diaryl/α,β-unsaturated/α-hetero) is 1. The quantitative estimate of drug-likeness (QED) is 0.580. The largest absolute Gasteiger partial charge is 0.330 e. The van der Waals surface area contributed by atoms with Crippen LogP contribution >= 0.6 is 12.4 Å². The molecule has 0 aliphatic heterocycles. The fourth-order valence-electron chi connectivity index (χ4n) is 0.447. The maximum atomic E-state index is 10.5. The van der Waals surface area contributed by atoms with Gasteiger partial charge in [0.05, 0.1) is 0 Å². The van der Waals surface area contributed by atoms with Crippen molar-refractivity contribution in [2.24, 2.45) is 11.5 Å². The van der Waals surface area contributed by atoms with Crippen molar-refractivity contribution in [3.8, 4) is 0 Å². The zero-order valence-electron chi connectivity index (χ0n) is 5.30. The van der Waals surface area contributed by atoms with E-state index in [1.165, 1.54) is 0 Å². The molecule has 4 N–H and O–H groups in total. The molecule has 56 valence electrons. The summed E-state index contributed by atoms with van der Waals surface area (Å²) in [5.74, 6) is 0.162. The Morgan fingerprint density at radius 3 is 1.67 bits per heavy atom. The molecule has 0 fully saturated rings. The minimum Gasteiger partial charge on any atom is -0.330 e. The molecule has 0 aromatic carbocycles. The maximum Gasteiger partial charge on any atom is 0.135 e. The molecule has 0 spiro atoms. The number of nitrogens with two attached hydrogens (primary N) is 2. The van der Waals surface area contributed by atoms with Crippen LogP contribution in [-0.4, -0.2) is 18.9 Å². The van der Waals surface area contributed by atoms with Crippen LogP contribution < -0.4 is 11.5 Å². The molecule has 0 unspecified atom stereocenters. The van der Waals surface area contributed by atoms with Crippen molar-refractivity contribution in [1.29, 1.82) is 0 Å². The SMILES string of the molecule is Cl.NCCC(=O)CCN. The van der Waals surface area contributed by atoms with Gasteiger partial charge in [0.1, 0.15) is 5.78 Å². The molecule has 3 nitrogen and oxygen atoms in total. The number of hydrogen-bond acceptors (Lipinski definition) is 3. The van der Waals surface area contributed by atoms with Gasteiger partial charge < -0.3 is 11.5 Å². The molecule has 0 amide bonds. The molecule has 0 saturated heterocycles. The van der Waals surface area contributed by atoms with E-state index in [1.54, 1.807) is 0 Å². The Balaban J connectivity index is 0. The smallest absolute Gasteiger partial charge is 0.135 e. The summed E-state index contributed by atoms with van der Waals surface area (Å²) in [6.07, 6.45) is 0.939. The fraction of sp³-hybridized carbons (Fsp3) is 0.800. The summed E-state index contributed by atoms with van der Waals surface area (Å²) < 4.78 is 0. The monoisotopic (exact) mass is 152 g/mol. The standard InChI is InChI=1S/C5H12N2O.ClH/c6-3-1-5(8)2-4-7;/h1-4,6-7H2;1H. The van der Waals surface area contributed by atoms with E-state index in [4.69, 9.17) is 11.5 Å². The van der Waals surface area contributed by atoms with Crippen LogP contribution in [0.15, 0.2) is 0 Å². The molecule has 0 aliphatic carbocycles. The molecule has 0 aliphatic rings. The second-order valence-electron chi connectivity index (χ2n) is 1.62. The Morgan fingerprint density at radius 1 is 1.11 bits per heavy atom. The summed E-state index contributed by atoms with van der Waals surface area (Å²) in [4.78, 5) is 10.5. The van der Waals surface area contributed by atoms with Gasteiger partial charge in [0.25, 0.3) is 0 Å². The summed E-state index contributed by atoms with van der Waals surface area (Å²) in [5.41, 5.74) is 10.2. The van der Waals surface area contributed by atoms with Gasteiger partial charge in [0, 0.05) is 12.8 Å². The van der Waals surface area contributed by atoms with Crippen LogP contribution in [-0.2, 0) is 4.79 Å². The van der Waals surface area contributed by atoms with E-state index < -0.39 is 0 Å². The summed E-state index contributed by atoms with van der Waals surface area (Å²) >= 11 is 0. The van der Waals surface area contributed by atoms with E-state index in [0.29, 0.717) is 25.9 Å². The second kappa shape index (κ2) is 7.88. The average Bonchev–Trinajstić information content (AvgIpc) is 1.68. The van der Waals surface area contributed by atoms with Gasteiger partial charge in [-0.25, -0.2) is 0 Å². The molecule has 0 aromatic rings. The first-order valence-corrected chi connectivity index (χ1v) is 2.73. The van der Waals surface area contributed by atoms with E-state index in [0.717, 1.165) is 0 Å². The summed E-state index contributed by atoms with van der Waals surface area (Å²) in [6.45, 7) is 0.887. The minimum absolute atomic E-state index is 0. The number of ketones is 1. The summed E-state index contributed by atoms with van der Waals surface area (Å²) in [5, 5.41) is 0. The number of halogens is 1. The molecular formula is C5H13ClN2O. The topological polar surface area (TPSA) is 69.1 Å². The molecule has 9 heavy (non-hydrogen) atoms. The maximum absolute atomic E-state index is 10.5. The van der Waals surface area contributed by atoms with Crippen molar-refractivity contribution in [2.45, 2.75) is 12.8 Å². The van der Waals surface area contributed by atoms with Crippen LogP contribution in [0.3, 0.4) is 0 Å². The molecule has 0 rings (SSSR count). The average molecular weight is 153 g/mol. The van der Waals surface area contributed by atoms with Crippen LogP contribution in [0.4, 0.5) is 0 Å². The Kier molecular flexibility index (Phi) is 10.2. The molecule has 0 bridgehead atoms. The fourth-order valence-corrected chi connectivity index (χ4v) is 0.447. The Labute approximate surface area is 61.2 Å². The van der Waals surface area contributed by atoms with Gasteiger partial charge in [0.15, 0.2) is 0 Å². The lowest BCUT2D eigenvalue weighted by Gasteiger charge is -1.91. The Hall–Kier alpha value is -0.120. The first-order chi connectivity index (χ1) is 3.81. The lowest BCUT2D eigenvalue weighted by atomic mass is 10.2. The van der Waals surface area contributed by atoms with E-state index in [1.807, 2.05) is 0 Å². The van der Waals surface area contributed by atoms with Crippen LogP contribution in [0.2, 0.25) is 0 Å². The number of carbonyl (C=O) groups is 1. The highest BCUT2D eigenvalue weighted by Crippen LogP contribution is 1.83. The molecule has 0 heterocycles. The van der Waals surface area contributed by atoms with Gasteiger partial charge in [-0.2, -0.15) is 0 Å². The van der Waals surface area contributed by atoms with Crippen molar-refractivity contribution < 1.29 is 4.79 Å². The third-order valence-corrected chi connectivity index (χ3v) is 0.846. The molecule has 0 saturated carbocycles. The predicted octanol–water partition coefficient (Wildman–Crippen LogP) is -0.325. The Morgan fingerprint density at radius 2 is 1.44 bits per heavy atom. The van der Waals surface area contributed by atoms with Crippen LogP contribution in [0, 0.1) is 0 Å². The molecule has 0 radical (unpaired) electrons. The van der Waals surface area contributed by atoms with Gasteiger partial charge in [-0.15, -0.1) is 12.4 Å². The zero-order valence-corrected chi connectivity index (χ0v) is 6.12. The lowest BCUT2D eigenvalue weighted by molar-refractivity contribution is -0.118. The second-order valence-corrected chi connectivity index (χ2v) is 1.62. The number of rotatable bonds is 4. The highest BCUT2D eigenvalue weighted by molar-refractivity contribution is 5.85. The van der Waals surface area contributed by atoms with Crippen molar-refractivity contribution in [2.75, 3.05) is 13.1 Å². The predicted molar refractivity (Wildman–Crippen MR) is 39.6 cm³/mol. The van der Waals surface area contributed by atoms with Crippen LogP contribution in [0.1, 0.15) is 12.8 Å². The first kappa shape index (κ1) is 11.6. The van der Waals surface area contributed by atoms with Gasteiger partial charge in [-0.1, -0.05) is 0 Å². The van der Waals surface area contributed by atoms with E-state index in [-0.39, 0.29) is 18.2 Å². The van der Waals surface area contributed by atoms with Crippen molar-refractivity contribution in [3.63, 3.8) is 0 Å². The van der Waals surface area contributed by atoms with Crippen LogP contribution in [0.25, 0.3) is 0 Å². The Bertz CT molecular complexity index is 69.4. The molecule has 0 aromatic heterocycles. The van der Waals surface area contributed by atoms with Gasteiger partial charge in [0.2, 0.25) is 0 Å². The summed E-state index contributed by atoms with van der Waals surface area (Å²) in [7, 11) is 0. The summed E-state index contributed by atoms with van der Waals surface area (Å²) in [6, 6.07) is 0. The minimum atomic E-state index is 0. The third kappa shape index (κ3) is 7.88. The third-order valence-electron chi connectivity index (χ3n) is 0.846. The van der Waals surface area contributed by atoms with Crippen LogP contribution in [0.5, 0.6) is 0 Å². The van der Waals surface area contributed by atoms with E-state index in [9.17, 15) is 4.79 Å². The van der Waals surface area contributed by atoms with E-state index >= 15 is 0 Å². The van der Waals surface area contributed by atoms with Crippen molar-refractivity contribution in [3.05, 3.63) is 0 Å². The first-order valence-electron chi connectivity index (χ1n) is 2.73. The number of carbonyl (C=O) groups excluding carboxylic acids is 1. The van der Waals surface area contributed by atoms with Gasteiger partial charge in [-0.05, 0) is 13.1 Å². The lowest BCUT2D eigenvalue weighted by Crippen LogP contribution is -2.12. The van der Waals surface area contributed by atoms with E-state index in [2.05, 4.69) is 0 Å². The zero-order chi connectivity index (χ0) is 6.41. The van der Waals surface area contributed by atoms with Crippen molar-refractivity contribution in [1.82, 2.24) is 0 Å². The van der Waals surface area contributed by atoms with Crippen molar-refractivity contribution >= 4 is 18.2 Å². The molecule has 0 atom stereocenters. The molecular weight excluding hydrogens is 140 g/mol. The number of hydrogen-bond donors (Lipinski definition) is 2. The van der Waals surface area contributed by atoms with Gasteiger partial charge in [-0.3, -0.25) is 4.79 Å². The highest BCUT2D eigenvalue weighted by atomic mass is 35.5. The van der Waals surface area contributed by atoms with Gasteiger partial charge >= 0.3 is 0 Å². The normalized spacial score (nSPS) is 8.22. The highest BCUT2D eigenvalue weighted by Gasteiger charge is 1.95. The molecule has 4 heteroatoms.